The highest BCUT2D eigenvalue weighted by Crippen LogP contribution is 2.43. The minimum Gasteiger partial charge on any atom is -0.452 e. The highest BCUT2D eigenvalue weighted by Gasteiger charge is 2.33. The van der Waals surface area contributed by atoms with Gasteiger partial charge in [0, 0.05) is 23.4 Å². The SMILES string of the molecule is Cc1nn(C)c(C)c1C(=O)OCC(=O)N1c2ccccc2SC[C@H]1c1ccccc1. The van der Waals surface area contributed by atoms with Gasteiger partial charge in [-0.2, -0.15) is 5.10 Å². The van der Waals surface area contributed by atoms with Crippen LogP contribution in [0.5, 0.6) is 0 Å². The van der Waals surface area contributed by atoms with Crippen molar-refractivity contribution in [2.75, 3.05) is 17.3 Å². The van der Waals surface area contributed by atoms with Crippen molar-refractivity contribution in [3.05, 3.63) is 77.1 Å². The Kier molecular flexibility index (Phi) is 5.63. The van der Waals surface area contributed by atoms with Gasteiger partial charge in [0.2, 0.25) is 0 Å². The predicted octanol–water partition coefficient (Wildman–Crippen LogP) is 4.07. The Balaban J connectivity index is 1.59. The number of fused-ring (bicyclic) bond motifs is 1. The number of nitrogens with zero attached hydrogens (tertiary/aromatic N) is 3. The number of carbonyl (C=O) groups is 2. The lowest BCUT2D eigenvalue weighted by atomic mass is 10.1. The summed E-state index contributed by atoms with van der Waals surface area (Å²) in [4.78, 5) is 28.7. The Bertz CT molecular complexity index is 1090. The lowest BCUT2D eigenvalue weighted by Crippen LogP contribution is -2.41. The van der Waals surface area contributed by atoms with Crippen LogP contribution in [-0.4, -0.2) is 34.0 Å². The van der Waals surface area contributed by atoms with Crippen molar-refractivity contribution in [2.45, 2.75) is 24.8 Å². The monoisotopic (exact) mass is 421 g/mol. The summed E-state index contributed by atoms with van der Waals surface area (Å²) >= 11 is 1.73. The molecule has 0 bridgehead atoms. The van der Waals surface area contributed by atoms with E-state index in [9.17, 15) is 9.59 Å². The minimum atomic E-state index is -0.526. The number of amides is 1. The summed E-state index contributed by atoms with van der Waals surface area (Å²) in [5.74, 6) is -0.0341. The fourth-order valence-electron chi connectivity index (χ4n) is 3.76. The van der Waals surface area contributed by atoms with Crippen molar-refractivity contribution in [2.24, 2.45) is 7.05 Å². The van der Waals surface area contributed by atoms with Crippen LogP contribution in [0.2, 0.25) is 0 Å². The van der Waals surface area contributed by atoms with E-state index in [-0.39, 0.29) is 18.6 Å². The maximum atomic E-state index is 13.3. The molecule has 1 aliphatic heterocycles. The zero-order valence-electron chi connectivity index (χ0n) is 17.2. The summed E-state index contributed by atoms with van der Waals surface area (Å²) in [5.41, 5.74) is 3.62. The zero-order chi connectivity index (χ0) is 21.3. The molecular weight excluding hydrogens is 398 g/mol. The predicted molar refractivity (Wildman–Crippen MR) is 117 cm³/mol. The molecule has 0 fully saturated rings. The summed E-state index contributed by atoms with van der Waals surface area (Å²) < 4.78 is 7.06. The molecule has 1 atom stereocenters. The Morgan fingerprint density at radius 1 is 1.10 bits per heavy atom. The number of aryl methyl sites for hydroxylation is 2. The lowest BCUT2D eigenvalue weighted by molar-refractivity contribution is -0.122. The average molecular weight is 422 g/mol. The van der Waals surface area contributed by atoms with E-state index in [0.717, 1.165) is 21.9 Å². The normalized spacial score (nSPS) is 15.6. The van der Waals surface area contributed by atoms with Gasteiger partial charge in [-0.1, -0.05) is 42.5 Å². The van der Waals surface area contributed by atoms with Gasteiger partial charge >= 0.3 is 5.97 Å². The molecule has 6 nitrogen and oxygen atoms in total. The van der Waals surface area contributed by atoms with E-state index in [0.29, 0.717) is 17.0 Å². The van der Waals surface area contributed by atoms with Crippen molar-refractivity contribution in [3.8, 4) is 0 Å². The summed E-state index contributed by atoms with van der Waals surface area (Å²) in [5, 5.41) is 4.25. The number of hydrogen-bond acceptors (Lipinski definition) is 5. The first kappa shape index (κ1) is 20.2. The van der Waals surface area contributed by atoms with Gasteiger partial charge in [-0.15, -0.1) is 11.8 Å². The van der Waals surface area contributed by atoms with Crippen LogP contribution in [0, 0.1) is 13.8 Å². The quantitative estimate of drug-likeness (QED) is 0.594. The molecule has 0 radical (unpaired) electrons. The number of hydrogen-bond donors (Lipinski definition) is 0. The van der Waals surface area contributed by atoms with Crippen molar-refractivity contribution >= 4 is 29.3 Å². The first-order valence-corrected chi connectivity index (χ1v) is 10.7. The molecule has 0 aliphatic carbocycles. The largest absolute Gasteiger partial charge is 0.452 e. The smallest absolute Gasteiger partial charge is 0.342 e. The van der Waals surface area contributed by atoms with E-state index in [1.54, 1.807) is 35.3 Å². The van der Waals surface area contributed by atoms with Crippen LogP contribution in [0.4, 0.5) is 5.69 Å². The topological polar surface area (TPSA) is 64.4 Å². The number of esters is 1. The lowest BCUT2D eigenvalue weighted by Gasteiger charge is -2.37. The van der Waals surface area contributed by atoms with E-state index >= 15 is 0 Å². The second-order valence-electron chi connectivity index (χ2n) is 7.21. The van der Waals surface area contributed by atoms with Crippen LogP contribution in [0.3, 0.4) is 0 Å². The van der Waals surface area contributed by atoms with Crippen LogP contribution in [0.1, 0.15) is 33.4 Å². The maximum Gasteiger partial charge on any atom is 0.342 e. The van der Waals surface area contributed by atoms with Gasteiger partial charge in [0.25, 0.3) is 5.91 Å². The van der Waals surface area contributed by atoms with Crippen molar-refractivity contribution in [1.82, 2.24) is 9.78 Å². The number of ether oxygens (including phenoxy) is 1. The number of anilines is 1. The number of benzene rings is 2. The summed E-state index contributed by atoms with van der Waals surface area (Å²) in [6.45, 7) is 3.24. The Morgan fingerprint density at radius 2 is 1.80 bits per heavy atom. The molecule has 0 spiro atoms. The molecule has 2 aromatic carbocycles. The molecule has 0 saturated heterocycles. The Hall–Kier alpha value is -3.06. The van der Waals surface area contributed by atoms with Crippen LogP contribution in [0.25, 0.3) is 0 Å². The molecule has 3 aromatic rings. The van der Waals surface area contributed by atoms with Crippen LogP contribution >= 0.6 is 11.8 Å². The molecule has 0 N–H and O–H groups in total. The third-order valence-corrected chi connectivity index (χ3v) is 6.46. The standard InChI is InChI=1S/C23H23N3O3S/c1-15-22(16(2)25(3)24-15)23(28)29-13-21(27)26-18-11-7-8-12-20(18)30-14-19(26)17-9-5-4-6-10-17/h4-12,19H,13-14H2,1-3H3/t19-/m0/s1. The third kappa shape index (κ3) is 3.73. The van der Waals surface area contributed by atoms with Crippen molar-refractivity contribution in [1.29, 1.82) is 0 Å². The van der Waals surface area contributed by atoms with Gasteiger partial charge in [-0.3, -0.25) is 14.4 Å². The van der Waals surface area contributed by atoms with Gasteiger partial charge in [-0.25, -0.2) is 4.79 Å². The van der Waals surface area contributed by atoms with E-state index in [1.165, 1.54) is 0 Å². The molecule has 1 amide bonds. The summed E-state index contributed by atoms with van der Waals surface area (Å²) in [6.07, 6.45) is 0. The fraction of sp³-hybridized carbons (Fsp3) is 0.261. The van der Waals surface area contributed by atoms with Gasteiger partial charge in [0.15, 0.2) is 6.61 Å². The van der Waals surface area contributed by atoms with Crippen LogP contribution in [0.15, 0.2) is 59.5 Å². The maximum absolute atomic E-state index is 13.3. The first-order chi connectivity index (χ1) is 14.5. The molecule has 154 valence electrons. The van der Waals surface area contributed by atoms with E-state index in [4.69, 9.17) is 4.74 Å². The number of para-hydroxylation sites is 1. The van der Waals surface area contributed by atoms with Crippen molar-refractivity contribution < 1.29 is 14.3 Å². The number of rotatable bonds is 4. The van der Waals surface area contributed by atoms with Gasteiger partial charge < -0.3 is 4.74 Å². The molecular formula is C23H23N3O3S. The fourth-order valence-corrected chi connectivity index (χ4v) is 4.92. The summed E-state index contributed by atoms with van der Waals surface area (Å²) in [7, 11) is 1.77. The Morgan fingerprint density at radius 3 is 2.50 bits per heavy atom. The number of carbonyl (C=O) groups excluding carboxylic acids is 2. The van der Waals surface area contributed by atoms with Crippen LogP contribution in [-0.2, 0) is 16.6 Å². The molecule has 4 rings (SSSR count). The molecule has 30 heavy (non-hydrogen) atoms. The molecule has 7 heteroatoms. The average Bonchev–Trinajstić information content (AvgIpc) is 3.02. The number of thioether (sulfide) groups is 1. The van der Waals surface area contributed by atoms with E-state index in [1.807, 2.05) is 61.5 Å². The second kappa shape index (κ2) is 8.36. The summed E-state index contributed by atoms with van der Waals surface area (Å²) in [6, 6.07) is 17.6. The molecule has 0 unspecified atom stereocenters. The highest BCUT2D eigenvalue weighted by atomic mass is 32.2. The van der Waals surface area contributed by atoms with E-state index < -0.39 is 5.97 Å². The van der Waals surface area contributed by atoms with Gasteiger partial charge in [-0.05, 0) is 31.5 Å². The first-order valence-electron chi connectivity index (χ1n) is 9.73. The van der Waals surface area contributed by atoms with Gasteiger partial charge in [0.05, 0.1) is 17.4 Å². The van der Waals surface area contributed by atoms with Crippen LogP contribution < -0.4 is 4.90 Å². The highest BCUT2D eigenvalue weighted by molar-refractivity contribution is 7.99. The molecule has 0 saturated carbocycles. The molecule has 1 aliphatic rings. The van der Waals surface area contributed by atoms with Crippen molar-refractivity contribution in [3.63, 3.8) is 0 Å². The molecule has 1 aromatic heterocycles. The van der Waals surface area contributed by atoms with E-state index in [2.05, 4.69) is 5.10 Å². The third-order valence-electron chi connectivity index (χ3n) is 5.33. The minimum absolute atomic E-state index is 0.126. The Labute approximate surface area is 179 Å². The number of aromatic nitrogens is 2. The zero-order valence-corrected chi connectivity index (χ0v) is 18.0. The molecule has 2 heterocycles. The second-order valence-corrected chi connectivity index (χ2v) is 8.28. The van der Waals surface area contributed by atoms with Gasteiger partial charge in [0.1, 0.15) is 5.56 Å².